The highest BCUT2D eigenvalue weighted by Crippen LogP contribution is 2.34. The maximum Gasteiger partial charge on any atom is 0.313 e. The van der Waals surface area contributed by atoms with Gasteiger partial charge in [0.25, 0.3) is 0 Å². The molecule has 0 spiro atoms. The Bertz CT molecular complexity index is 954. The SMILES string of the molecule is O=C(NC[C@H](c1ccco1)N1CCc2ccccc21)C(=O)Nc1ccccc1. The molecule has 0 saturated heterocycles. The fourth-order valence-electron chi connectivity index (χ4n) is 3.51. The second-order valence-corrected chi connectivity index (χ2v) is 6.63. The molecule has 1 aliphatic rings. The molecule has 2 amide bonds. The zero-order chi connectivity index (χ0) is 19.3. The zero-order valence-corrected chi connectivity index (χ0v) is 15.3. The highest BCUT2D eigenvalue weighted by Gasteiger charge is 2.29. The smallest absolute Gasteiger partial charge is 0.313 e. The molecule has 0 radical (unpaired) electrons. The van der Waals surface area contributed by atoms with E-state index in [4.69, 9.17) is 4.42 Å². The lowest BCUT2D eigenvalue weighted by atomic mass is 10.1. The number of carbonyl (C=O) groups excluding carboxylic acids is 2. The third-order valence-electron chi connectivity index (χ3n) is 4.86. The van der Waals surface area contributed by atoms with Gasteiger partial charge in [0.05, 0.1) is 6.26 Å². The molecule has 0 aliphatic carbocycles. The predicted octanol–water partition coefficient (Wildman–Crippen LogP) is 3.14. The van der Waals surface area contributed by atoms with Gasteiger partial charge >= 0.3 is 11.8 Å². The minimum Gasteiger partial charge on any atom is -0.467 e. The highest BCUT2D eigenvalue weighted by atomic mass is 16.3. The molecule has 0 bridgehead atoms. The van der Waals surface area contributed by atoms with E-state index in [1.165, 1.54) is 5.56 Å². The maximum atomic E-state index is 12.3. The van der Waals surface area contributed by atoms with Crippen LogP contribution >= 0.6 is 0 Å². The second kappa shape index (κ2) is 8.00. The van der Waals surface area contributed by atoms with Crippen LogP contribution in [0.4, 0.5) is 11.4 Å². The Morgan fingerprint density at radius 1 is 0.964 bits per heavy atom. The van der Waals surface area contributed by atoms with Crippen molar-refractivity contribution in [2.45, 2.75) is 12.5 Å². The van der Waals surface area contributed by atoms with Gasteiger partial charge in [0, 0.05) is 24.5 Å². The van der Waals surface area contributed by atoms with E-state index in [2.05, 4.69) is 27.7 Å². The molecule has 6 heteroatoms. The Morgan fingerprint density at radius 3 is 2.54 bits per heavy atom. The van der Waals surface area contributed by atoms with E-state index in [0.717, 1.165) is 24.4 Å². The minimum absolute atomic E-state index is 0.188. The largest absolute Gasteiger partial charge is 0.467 e. The number of hydrogen-bond donors (Lipinski definition) is 2. The van der Waals surface area contributed by atoms with Crippen molar-refractivity contribution in [1.29, 1.82) is 0 Å². The van der Waals surface area contributed by atoms with E-state index in [1.54, 1.807) is 30.5 Å². The lowest BCUT2D eigenvalue weighted by Crippen LogP contribution is -2.41. The standard InChI is InChI=1S/C22H21N3O3/c26-21(22(27)24-17-8-2-1-3-9-17)23-15-19(20-11-6-14-28-20)25-13-12-16-7-4-5-10-18(16)25/h1-11,14,19H,12-13,15H2,(H,23,26)(H,24,27)/t19-/m1/s1. The maximum absolute atomic E-state index is 12.3. The van der Waals surface area contributed by atoms with Gasteiger partial charge in [-0.05, 0) is 42.3 Å². The summed E-state index contributed by atoms with van der Waals surface area (Å²) in [5.74, 6) is -0.612. The number of fused-ring (bicyclic) bond motifs is 1. The predicted molar refractivity (Wildman–Crippen MR) is 107 cm³/mol. The van der Waals surface area contributed by atoms with E-state index in [0.29, 0.717) is 5.69 Å². The Labute approximate surface area is 163 Å². The number of carbonyl (C=O) groups is 2. The fraction of sp³-hybridized carbons (Fsp3) is 0.182. The molecule has 2 aromatic carbocycles. The molecule has 142 valence electrons. The monoisotopic (exact) mass is 375 g/mol. The first-order chi connectivity index (χ1) is 13.7. The lowest BCUT2D eigenvalue weighted by molar-refractivity contribution is -0.136. The summed E-state index contributed by atoms with van der Waals surface area (Å²) >= 11 is 0. The summed E-state index contributed by atoms with van der Waals surface area (Å²) < 4.78 is 5.62. The first kappa shape index (κ1) is 17.9. The van der Waals surface area contributed by atoms with Crippen LogP contribution in [0.25, 0.3) is 0 Å². The number of hydrogen-bond acceptors (Lipinski definition) is 4. The van der Waals surface area contributed by atoms with E-state index in [9.17, 15) is 9.59 Å². The third kappa shape index (κ3) is 3.76. The average Bonchev–Trinajstić information content (AvgIpc) is 3.40. The van der Waals surface area contributed by atoms with Crippen molar-refractivity contribution < 1.29 is 14.0 Å². The van der Waals surface area contributed by atoms with Crippen LogP contribution in [0, 0.1) is 0 Å². The number of furan rings is 1. The summed E-state index contributed by atoms with van der Waals surface area (Å²) in [5.41, 5.74) is 2.98. The number of anilines is 2. The molecule has 6 nitrogen and oxygen atoms in total. The topological polar surface area (TPSA) is 74.6 Å². The van der Waals surface area contributed by atoms with Crippen LogP contribution < -0.4 is 15.5 Å². The summed E-state index contributed by atoms with van der Waals surface area (Å²) in [4.78, 5) is 26.7. The van der Waals surface area contributed by atoms with Crippen LogP contribution in [0.2, 0.25) is 0 Å². The number of nitrogens with zero attached hydrogens (tertiary/aromatic N) is 1. The lowest BCUT2D eigenvalue weighted by Gasteiger charge is -2.29. The summed E-state index contributed by atoms with van der Waals surface area (Å²) in [7, 11) is 0. The van der Waals surface area contributed by atoms with E-state index in [-0.39, 0.29) is 12.6 Å². The molecule has 2 N–H and O–H groups in total. The molecule has 0 saturated carbocycles. The van der Waals surface area contributed by atoms with Crippen LogP contribution in [0.1, 0.15) is 17.4 Å². The summed E-state index contributed by atoms with van der Waals surface area (Å²) in [6, 6.07) is 20.7. The molecular weight excluding hydrogens is 354 g/mol. The van der Waals surface area contributed by atoms with Crippen molar-refractivity contribution in [3.05, 3.63) is 84.3 Å². The second-order valence-electron chi connectivity index (χ2n) is 6.63. The zero-order valence-electron chi connectivity index (χ0n) is 15.3. The first-order valence-corrected chi connectivity index (χ1v) is 9.24. The Morgan fingerprint density at radius 2 is 1.75 bits per heavy atom. The Kier molecular flexibility index (Phi) is 5.10. The van der Waals surface area contributed by atoms with Crippen LogP contribution in [0.3, 0.4) is 0 Å². The van der Waals surface area contributed by atoms with Gasteiger partial charge in [0.1, 0.15) is 11.8 Å². The molecule has 2 heterocycles. The first-order valence-electron chi connectivity index (χ1n) is 9.24. The Hall–Kier alpha value is -3.54. The fourth-order valence-corrected chi connectivity index (χ4v) is 3.51. The van der Waals surface area contributed by atoms with Crippen LogP contribution in [0.5, 0.6) is 0 Å². The summed E-state index contributed by atoms with van der Waals surface area (Å²) in [6.07, 6.45) is 2.56. The highest BCUT2D eigenvalue weighted by molar-refractivity contribution is 6.39. The normalized spacial score (nSPS) is 13.6. The molecule has 1 atom stereocenters. The molecule has 0 unspecified atom stereocenters. The van der Waals surface area contributed by atoms with Crippen molar-refractivity contribution in [2.75, 3.05) is 23.3 Å². The van der Waals surface area contributed by atoms with E-state index >= 15 is 0 Å². The number of para-hydroxylation sites is 2. The Balaban J connectivity index is 1.45. The van der Waals surface area contributed by atoms with Gasteiger partial charge in [0.2, 0.25) is 0 Å². The number of nitrogens with one attached hydrogen (secondary N) is 2. The molecule has 1 aliphatic heterocycles. The van der Waals surface area contributed by atoms with Crippen molar-refractivity contribution >= 4 is 23.2 Å². The number of benzene rings is 2. The van der Waals surface area contributed by atoms with Gasteiger partial charge in [-0.3, -0.25) is 9.59 Å². The van der Waals surface area contributed by atoms with Gasteiger partial charge < -0.3 is 20.0 Å². The molecule has 0 fully saturated rings. The van der Waals surface area contributed by atoms with Gasteiger partial charge in [-0.1, -0.05) is 36.4 Å². The van der Waals surface area contributed by atoms with Gasteiger partial charge in [-0.15, -0.1) is 0 Å². The molecule has 4 rings (SSSR count). The van der Waals surface area contributed by atoms with Crippen molar-refractivity contribution in [3.63, 3.8) is 0 Å². The average molecular weight is 375 g/mol. The van der Waals surface area contributed by atoms with Crippen molar-refractivity contribution in [2.24, 2.45) is 0 Å². The molecule has 3 aromatic rings. The molecule has 28 heavy (non-hydrogen) atoms. The quantitative estimate of drug-likeness (QED) is 0.672. The number of amides is 2. The van der Waals surface area contributed by atoms with Crippen molar-refractivity contribution in [3.8, 4) is 0 Å². The van der Waals surface area contributed by atoms with E-state index in [1.807, 2.05) is 30.3 Å². The third-order valence-corrected chi connectivity index (χ3v) is 4.86. The summed E-state index contributed by atoms with van der Waals surface area (Å²) in [5, 5.41) is 5.34. The van der Waals surface area contributed by atoms with E-state index < -0.39 is 11.8 Å². The molecular formula is C22H21N3O3. The number of rotatable bonds is 5. The van der Waals surface area contributed by atoms with Crippen LogP contribution in [0.15, 0.2) is 77.4 Å². The molecule has 1 aromatic heterocycles. The van der Waals surface area contributed by atoms with Crippen LogP contribution in [-0.4, -0.2) is 24.9 Å². The van der Waals surface area contributed by atoms with Gasteiger partial charge in [-0.25, -0.2) is 0 Å². The summed E-state index contributed by atoms with van der Waals surface area (Å²) in [6.45, 7) is 1.10. The van der Waals surface area contributed by atoms with Crippen LogP contribution in [-0.2, 0) is 16.0 Å². The van der Waals surface area contributed by atoms with Crippen molar-refractivity contribution in [1.82, 2.24) is 5.32 Å². The van der Waals surface area contributed by atoms with Gasteiger partial charge in [-0.2, -0.15) is 0 Å². The minimum atomic E-state index is -0.689. The van der Waals surface area contributed by atoms with Gasteiger partial charge in [0.15, 0.2) is 0 Å².